The van der Waals surface area contributed by atoms with Gasteiger partial charge in [-0.3, -0.25) is 14.6 Å². The summed E-state index contributed by atoms with van der Waals surface area (Å²) in [5, 5.41) is 0. The summed E-state index contributed by atoms with van der Waals surface area (Å²) in [7, 11) is 0. The summed E-state index contributed by atoms with van der Waals surface area (Å²) in [6.45, 7) is 2.27. The first kappa shape index (κ1) is 10.7. The SMILES string of the molecule is CCONC(=O)[CH]Cc1cccnc1. The second-order valence-electron chi connectivity index (χ2n) is 2.67. The van der Waals surface area contributed by atoms with Crippen LogP contribution in [-0.4, -0.2) is 17.5 Å². The van der Waals surface area contributed by atoms with Gasteiger partial charge in [0.2, 0.25) is 5.91 Å². The van der Waals surface area contributed by atoms with Crippen molar-refractivity contribution in [1.29, 1.82) is 0 Å². The van der Waals surface area contributed by atoms with Crippen molar-refractivity contribution in [2.45, 2.75) is 13.3 Å². The number of carbonyl (C=O) groups is 1. The predicted molar refractivity (Wildman–Crippen MR) is 52.0 cm³/mol. The fraction of sp³-hybridized carbons (Fsp3) is 0.300. The van der Waals surface area contributed by atoms with Gasteiger partial charge in [0, 0.05) is 12.4 Å². The molecule has 1 heterocycles. The molecule has 0 spiro atoms. The topological polar surface area (TPSA) is 51.2 Å². The van der Waals surface area contributed by atoms with Crippen LogP contribution >= 0.6 is 0 Å². The normalized spacial score (nSPS) is 9.79. The van der Waals surface area contributed by atoms with Gasteiger partial charge in [0.15, 0.2) is 0 Å². The molecule has 4 nitrogen and oxygen atoms in total. The molecule has 0 aromatic carbocycles. The summed E-state index contributed by atoms with van der Waals surface area (Å²) in [6, 6.07) is 3.75. The lowest BCUT2D eigenvalue weighted by molar-refractivity contribution is -0.129. The van der Waals surface area contributed by atoms with Gasteiger partial charge in [0.25, 0.3) is 0 Å². The molecule has 0 saturated heterocycles. The van der Waals surface area contributed by atoms with Gasteiger partial charge in [-0.25, -0.2) is 5.48 Å². The number of amides is 1. The lowest BCUT2D eigenvalue weighted by Gasteiger charge is -2.02. The number of hydrogen-bond acceptors (Lipinski definition) is 3. The number of aromatic nitrogens is 1. The van der Waals surface area contributed by atoms with Gasteiger partial charge in [-0.1, -0.05) is 6.07 Å². The molecule has 1 radical (unpaired) electrons. The molecule has 4 heteroatoms. The van der Waals surface area contributed by atoms with E-state index < -0.39 is 0 Å². The van der Waals surface area contributed by atoms with Crippen LogP contribution in [0.4, 0.5) is 0 Å². The molecule has 14 heavy (non-hydrogen) atoms. The summed E-state index contributed by atoms with van der Waals surface area (Å²) in [6.07, 6.45) is 5.51. The number of nitrogens with zero attached hydrogens (tertiary/aromatic N) is 1. The Bertz CT molecular complexity index is 275. The minimum atomic E-state index is -0.226. The van der Waals surface area contributed by atoms with Gasteiger partial charge in [-0.05, 0) is 25.0 Å². The van der Waals surface area contributed by atoms with E-state index in [0.717, 1.165) is 5.56 Å². The zero-order valence-electron chi connectivity index (χ0n) is 8.06. The third kappa shape index (κ3) is 4.00. The minimum Gasteiger partial charge on any atom is -0.274 e. The van der Waals surface area contributed by atoms with E-state index in [-0.39, 0.29) is 5.91 Å². The molecule has 75 valence electrons. The van der Waals surface area contributed by atoms with Crippen molar-refractivity contribution < 1.29 is 9.63 Å². The molecule has 0 fully saturated rings. The van der Waals surface area contributed by atoms with E-state index in [4.69, 9.17) is 4.84 Å². The summed E-state index contributed by atoms with van der Waals surface area (Å²) in [5.41, 5.74) is 3.29. The fourth-order valence-electron chi connectivity index (χ4n) is 0.914. The molecule has 0 unspecified atom stereocenters. The van der Waals surface area contributed by atoms with Crippen molar-refractivity contribution in [2.75, 3.05) is 6.61 Å². The van der Waals surface area contributed by atoms with Crippen LogP contribution in [0.15, 0.2) is 24.5 Å². The number of carbonyl (C=O) groups excluding carboxylic acids is 1. The lowest BCUT2D eigenvalue weighted by Crippen LogP contribution is -2.24. The molecule has 0 aliphatic rings. The van der Waals surface area contributed by atoms with Crippen LogP contribution in [0.3, 0.4) is 0 Å². The predicted octanol–water partition coefficient (Wildman–Crippen LogP) is 0.896. The molecule has 1 amide bonds. The molecular weight excluding hydrogens is 180 g/mol. The second-order valence-corrected chi connectivity index (χ2v) is 2.67. The van der Waals surface area contributed by atoms with Gasteiger partial charge in [0.1, 0.15) is 0 Å². The first-order chi connectivity index (χ1) is 6.83. The van der Waals surface area contributed by atoms with E-state index in [0.29, 0.717) is 13.0 Å². The van der Waals surface area contributed by atoms with E-state index in [2.05, 4.69) is 10.5 Å². The maximum absolute atomic E-state index is 11.1. The quantitative estimate of drug-likeness (QED) is 0.707. The number of hydrogen-bond donors (Lipinski definition) is 1. The molecule has 0 saturated carbocycles. The van der Waals surface area contributed by atoms with Crippen LogP contribution in [-0.2, 0) is 16.1 Å². The highest BCUT2D eigenvalue weighted by Gasteiger charge is 2.01. The van der Waals surface area contributed by atoms with Gasteiger partial charge >= 0.3 is 0 Å². The highest BCUT2D eigenvalue weighted by atomic mass is 16.6. The van der Waals surface area contributed by atoms with Crippen molar-refractivity contribution in [3.8, 4) is 0 Å². The summed E-state index contributed by atoms with van der Waals surface area (Å²) < 4.78 is 0. The van der Waals surface area contributed by atoms with Crippen LogP contribution in [0.5, 0.6) is 0 Å². The standard InChI is InChI=1S/C10H13N2O2/c1-2-14-12-10(13)6-5-9-4-3-7-11-8-9/h3-4,6-8H,2,5H2,1H3,(H,12,13). The van der Waals surface area contributed by atoms with Crippen molar-refractivity contribution in [3.63, 3.8) is 0 Å². The summed E-state index contributed by atoms with van der Waals surface area (Å²) >= 11 is 0. The molecule has 0 bridgehead atoms. The Hall–Kier alpha value is -1.42. The largest absolute Gasteiger partial charge is 0.274 e. The molecule has 0 atom stereocenters. The zero-order chi connectivity index (χ0) is 10.2. The van der Waals surface area contributed by atoms with Crippen LogP contribution < -0.4 is 5.48 Å². The van der Waals surface area contributed by atoms with Gasteiger partial charge in [-0.15, -0.1) is 0 Å². The van der Waals surface area contributed by atoms with Gasteiger partial charge in [-0.2, -0.15) is 0 Å². The third-order valence-electron chi connectivity index (χ3n) is 1.56. The van der Waals surface area contributed by atoms with E-state index in [1.54, 1.807) is 19.3 Å². The van der Waals surface area contributed by atoms with Crippen LogP contribution in [0.25, 0.3) is 0 Å². The Labute approximate surface area is 83.3 Å². The Morgan fingerprint density at radius 1 is 1.71 bits per heavy atom. The molecule has 1 rings (SSSR count). The Morgan fingerprint density at radius 3 is 3.21 bits per heavy atom. The second kappa shape index (κ2) is 6.10. The highest BCUT2D eigenvalue weighted by molar-refractivity contribution is 5.83. The van der Waals surface area contributed by atoms with Gasteiger partial charge in [0.05, 0.1) is 13.0 Å². The molecule has 1 aromatic heterocycles. The summed E-state index contributed by atoms with van der Waals surface area (Å²) in [4.78, 5) is 19.7. The van der Waals surface area contributed by atoms with Gasteiger partial charge < -0.3 is 0 Å². The highest BCUT2D eigenvalue weighted by Crippen LogP contribution is 1.98. The minimum absolute atomic E-state index is 0.226. The number of rotatable bonds is 5. The Morgan fingerprint density at radius 2 is 2.57 bits per heavy atom. The third-order valence-corrected chi connectivity index (χ3v) is 1.56. The number of nitrogens with one attached hydrogen (secondary N) is 1. The molecular formula is C10H13N2O2. The first-order valence-electron chi connectivity index (χ1n) is 4.46. The first-order valence-corrected chi connectivity index (χ1v) is 4.46. The monoisotopic (exact) mass is 193 g/mol. The van der Waals surface area contributed by atoms with Crippen molar-refractivity contribution in [3.05, 3.63) is 36.5 Å². The van der Waals surface area contributed by atoms with Crippen molar-refractivity contribution >= 4 is 5.91 Å². The number of hydroxylamine groups is 1. The fourth-order valence-corrected chi connectivity index (χ4v) is 0.914. The molecule has 0 aliphatic heterocycles. The summed E-state index contributed by atoms with van der Waals surface area (Å²) in [5.74, 6) is -0.226. The zero-order valence-corrected chi connectivity index (χ0v) is 8.06. The van der Waals surface area contributed by atoms with E-state index in [9.17, 15) is 4.79 Å². The van der Waals surface area contributed by atoms with Crippen LogP contribution in [0, 0.1) is 6.42 Å². The van der Waals surface area contributed by atoms with E-state index >= 15 is 0 Å². The van der Waals surface area contributed by atoms with Crippen molar-refractivity contribution in [2.24, 2.45) is 0 Å². The lowest BCUT2D eigenvalue weighted by atomic mass is 10.1. The smallest absolute Gasteiger partial charge is 0.247 e. The van der Waals surface area contributed by atoms with Crippen LogP contribution in [0.1, 0.15) is 12.5 Å². The van der Waals surface area contributed by atoms with Crippen LogP contribution in [0.2, 0.25) is 0 Å². The molecule has 1 N–H and O–H groups in total. The Kier molecular flexibility index (Phi) is 4.64. The van der Waals surface area contributed by atoms with E-state index in [1.165, 1.54) is 6.42 Å². The molecule has 0 aliphatic carbocycles. The average Bonchev–Trinajstić information content (AvgIpc) is 2.25. The van der Waals surface area contributed by atoms with Crippen molar-refractivity contribution in [1.82, 2.24) is 10.5 Å². The Balaban J connectivity index is 2.24. The van der Waals surface area contributed by atoms with E-state index in [1.807, 2.05) is 12.1 Å². The molecule has 1 aromatic rings. The maximum atomic E-state index is 11.1. The average molecular weight is 193 g/mol. The number of pyridine rings is 1. The maximum Gasteiger partial charge on any atom is 0.247 e.